The Balaban J connectivity index is 0.00000225. The van der Waals surface area contributed by atoms with E-state index in [-0.39, 0.29) is 24.8 Å². The van der Waals surface area contributed by atoms with Gasteiger partial charge in [0.05, 0.1) is 5.02 Å². The molecule has 0 atom stereocenters. The van der Waals surface area contributed by atoms with E-state index in [9.17, 15) is 4.79 Å². The number of benzene rings is 1. The van der Waals surface area contributed by atoms with Crippen LogP contribution in [0.4, 0.5) is 5.82 Å². The van der Waals surface area contributed by atoms with Crippen LogP contribution in [0.5, 0.6) is 0 Å². The van der Waals surface area contributed by atoms with Crippen molar-refractivity contribution in [1.82, 2.24) is 15.4 Å². The van der Waals surface area contributed by atoms with Gasteiger partial charge in [0.2, 0.25) is 0 Å². The third-order valence-corrected chi connectivity index (χ3v) is 5.15. The van der Waals surface area contributed by atoms with Gasteiger partial charge in [0.1, 0.15) is 5.82 Å². The Morgan fingerprint density at radius 2 is 1.97 bits per heavy atom. The first kappa shape index (κ1) is 26.5. The number of piperidine rings is 1. The first-order valence-corrected chi connectivity index (χ1v) is 9.80. The second-order valence-electron chi connectivity index (χ2n) is 6.73. The summed E-state index contributed by atoms with van der Waals surface area (Å²) in [7, 11) is 0. The van der Waals surface area contributed by atoms with Crippen molar-refractivity contribution in [2.75, 3.05) is 18.4 Å². The molecule has 0 aliphatic carbocycles. The van der Waals surface area contributed by atoms with Crippen LogP contribution in [0.1, 0.15) is 24.0 Å². The topological polar surface area (TPSA) is 77.5 Å². The maximum atomic E-state index is 11.0. The van der Waals surface area contributed by atoms with Gasteiger partial charge in [-0.1, -0.05) is 35.3 Å². The van der Waals surface area contributed by atoms with Crippen molar-refractivity contribution >= 4 is 65.8 Å². The molecule has 2 heterocycles. The molecule has 6 nitrogen and oxygen atoms in total. The molecule has 164 valence electrons. The molecule has 3 rings (SSSR count). The molecule has 1 amide bonds. The molecule has 1 aromatic carbocycles. The SMILES string of the molecule is Cl.Cl.O=C(C=Cc1cnc(NC2CCN(Cc3cccc(Cl)c3)CC2)c(Cl)c1)NO. The summed E-state index contributed by atoms with van der Waals surface area (Å²) >= 11 is 12.4. The van der Waals surface area contributed by atoms with Gasteiger partial charge < -0.3 is 5.32 Å². The highest BCUT2D eigenvalue weighted by Crippen LogP contribution is 2.24. The van der Waals surface area contributed by atoms with Crippen molar-refractivity contribution in [2.24, 2.45) is 0 Å². The summed E-state index contributed by atoms with van der Waals surface area (Å²) in [6.07, 6.45) is 6.36. The van der Waals surface area contributed by atoms with E-state index >= 15 is 0 Å². The normalized spacial score (nSPS) is 14.6. The molecule has 0 radical (unpaired) electrons. The summed E-state index contributed by atoms with van der Waals surface area (Å²) in [5.41, 5.74) is 3.44. The van der Waals surface area contributed by atoms with E-state index in [2.05, 4.69) is 21.3 Å². The predicted octanol–water partition coefficient (Wildman–Crippen LogP) is 4.83. The molecule has 30 heavy (non-hydrogen) atoms. The Morgan fingerprint density at radius 1 is 1.23 bits per heavy atom. The highest BCUT2D eigenvalue weighted by atomic mass is 35.5. The lowest BCUT2D eigenvalue weighted by molar-refractivity contribution is -0.124. The van der Waals surface area contributed by atoms with Crippen molar-refractivity contribution in [1.29, 1.82) is 0 Å². The van der Waals surface area contributed by atoms with E-state index in [1.165, 1.54) is 23.2 Å². The van der Waals surface area contributed by atoms with Gasteiger partial charge in [-0.15, -0.1) is 24.8 Å². The van der Waals surface area contributed by atoms with Crippen LogP contribution in [0.3, 0.4) is 0 Å². The first-order chi connectivity index (χ1) is 13.5. The zero-order valence-corrected chi connectivity index (χ0v) is 19.2. The minimum absolute atomic E-state index is 0. The molecule has 0 bridgehead atoms. The average molecular weight is 494 g/mol. The third-order valence-electron chi connectivity index (χ3n) is 4.62. The molecular weight excluding hydrogens is 470 g/mol. The number of aromatic nitrogens is 1. The quantitative estimate of drug-likeness (QED) is 0.305. The van der Waals surface area contributed by atoms with Gasteiger partial charge in [0.25, 0.3) is 5.91 Å². The Kier molecular flexibility index (Phi) is 11.5. The summed E-state index contributed by atoms with van der Waals surface area (Å²) in [6, 6.07) is 10.0. The van der Waals surface area contributed by atoms with Crippen LogP contribution in [0, 0.1) is 0 Å². The molecule has 1 saturated heterocycles. The molecular formula is C20H24Cl4N4O2. The van der Waals surface area contributed by atoms with E-state index < -0.39 is 5.91 Å². The molecule has 0 unspecified atom stereocenters. The molecule has 1 fully saturated rings. The highest BCUT2D eigenvalue weighted by molar-refractivity contribution is 6.33. The smallest absolute Gasteiger partial charge is 0.267 e. The van der Waals surface area contributed by atoms with Gasteiger partial charge in [0.15, 0.2) is 0 Å². The average Bonchev–Trinajstić information content (AvgIpc) is 2.69. The molecule has 1 aliphatic rings. The Morgan fingerprint density at radius 3 is 2.60 bits per heavy atom. The fraction of sp³-hybridized carbons (Fsp3) is 0.300. The first-order valence-electron chi connectivity index (χ1n) is 9.04. The number of halogens is 4. The van der Waals surface area contributed by atoms with E-state index in [1.54, 1.807) is 12.3 Å². The predicted molar refractivity (Wildman–Crippen MR) is 126 cm³/mol. The highest BCUT2D eigenvalue weighted by Gasteiger charge is 2.20. The van der Waals surface area contributed by atoms with Gasteiger partial charge in [0, 0.05) is 43.0 Å². The molecule has 0 saturated carbocycles. The number of nitrogens with zero attached hydrogens (tertiary/aromatic N) is 2. The van der Waals surface area contributed by atoms with Crippen LogP contribution in [0.15, 0.2) is 42.6 Å². The molecule has 1 aromatic heterocycles. The maximum absolute atomic E-state index is 11.0. The second kappa shape index (κ2) is 13.0. The molecule has 2 aromatic rings. The number of carbonyl (C=O) groups excluding carboxylic acids is 1. The standard InChI is InChI=1S/C20H22Cl2N4O2.2ClH/c21-16-3-1-2-15(10-16)13-26-8-6-17(7-9-26)24-20-18(22)11-14(12-23-20)4-5-19(27)25-28;;/h1-5,10-12,17,28H,6-9,13H2,(H,23,24)(H,25,27);2*1H. The number of carbonyl (C=O) groups is 1. The lowest BCUT2D eigenvalue weighted by Gasteiger charge is -2.32. The summed E-state index contributed by atoms with van der Waals surface area (Å²) < 4.78 is 0. The Bertz CT molecular complexity index is 858. The largest absolute Gasteiger partial charge is 0.366 e. The van der Waals surface area contributed by atoms with Crippen LogP contribution < -0.4 is 10.8 Å². The van der Waals surface area contributed by atoms with Crippen LogP contribution in [0.2, 0.25) is 10.0 Å². The van der Waals surface area contributed by atoms with Crippen molar-refractivity contribution in [3.05, 3.63) is 63.8 Å². The van der Waals surface area contributed by atoms with E-state index in [4.69, 9.17) is 28.4 Å². The van der Waals surface area contributed by atoms with Gasteiger partial charge in [-0.2, -0.15) is 0 Å². The van der Waals surface area contributed by atoms with Crippen LogP contribution in [0.25, 0.3) is 6.08 Å². The van der Waals surface area contributed by atoms with Crippen molar-refractivity contribution in [3.8, 4) is 0 Å². The number of pyridine rings is 1. The van der Waals surface area contributed by atoms with Gasteiger partial charge in [-0.3, -0.25) is 14.9 Å². The number of nitrogens with one attached hydrogen (secondary N) is 2. The number of hydroxylamine groups is 1. The lowest BCUT2D eigenvalue weighted by atomic mass is 10.0. The van der Waals surface area contributed by atoms with E-state index in [0.29, 0.717) is 22.4 Å². The van der Waals surface area contributed by atoms with Crippen molar-refractivity contribution < 1.29 is 10.0 Å². The minimum atomic E-state index is -0.608. The monoisotopic (exact) mass is 492 g/mol. The molecule has 0 spiro atoms. The second-order valence-corrected chi connectivity index (χ2v) is 7.58. The summed E-state index contributed by atoms with van der Waals surface area (Å²) in [5, 5.41) is 13.2. The summed E-state index contributed by atoms with van der Waals surface area (Å²) in [6.45, 7) is 2.87. The van der Waals surface area contributed by atoms with E-state index in [1.807, 2.05) is 18.2 Å². The number of anilines is 1. The van der Waals surface area contributed by atoms with Gasteiger partial charge in [-0.25, -0.2) is 10.5 Å². The Hall–Kier alpha value is -1.54. The van der Waals surface area contributed by atoms with Crippen LogP contribution in [-0.2, 0) is 11.3 Å². The van der Waals surface area contributed by atoms with Crippen molar-refractivity contribution in [3.63, 3.8) is 0 Å². The lowest BCUT2D eigenvalue weighted by Crippen LogP contribution is -2.38. The van der Waals surface area contributed by atoms with Crippen LogP contribution in [-0.4, -0.2) is 40.1 Å². The zero-order valence-electron chi connectivity index (χ0n) is 16.1. The minimum Gasteiger partial charge on any atom is -0.366 e. The maximum Gasteiger partial charge on any atom is 0.267 e. The van der Waals surface area contributed by atoms with Crippen LogP contribution >= 0.6 is 48.0 Å². The molecule has 1 aliphatic heterocycles. The summed E-state index contributed by atoms with van der Waals surface area (Å²) in [4.78, 5) is 17.8. The number of amides is 1. The number of rotatable bonds is 6. The Labute approximate surface area is 198 Å². The van der Waals surface area contributed by atoms with E-state index in [0.717, 1.165) is 37.5 Å². The number of likely N-dealkylation sites (tertiary alicyclic amines) is 1. The zero-order chi connectivity index (χ0) is 19.9. The number of hydrogen-bond acceptors (Lipinski definition) is 5. The fourth-order valence-electron chi connectivity index (χ4n) is 3.18. The van der Waals surface area contributed by atoms with Gasteiger partial charge in [-0.05, 0) is 48.2 Å². The van der Waals surface area contributed by atoms with Crippen molar-refractivity contribution in [2.45, 2.75) is 25.4 Å². The third kappa shape index (κ3) is 7.95. The molecule has 3 N–H and O–H groups in total. The number of hydrogen-bond donors (Lipinski definition) is 3. The fourth-order valence-corrected chi connectivity index (χ4v) is 3.62. The van der Waals surface area contributed by atoms with Gasteiger partial charge >= 0.3 is 0 Å². The molecule has 10 heteroatoms. The summed E-state index contributed by atoms with van der Waals surface area (Å²) in [5.74, 6) is 0.0292.